The molecule has 86 valence electrons. The molecule has 1 aromatic rings. The van der Waals surface area contributed by atoms with Gasteiger partial charge >= 0.3 is 0 Å². The topological polar surface area (TPSA) is 61.6 Å². The summed E-state index contributed by atoms with van der Waals surface area (Å²) in [5.41, 5.74) is 6.75. The lowest BCUT2D eigenvalue weighted by Gasteiger charge is -2.22. The van der Waals surface area contributed by atoms with Crippen LogP contribution < -0.4 is 15.2 Å². The van der Waals surface area contributed by atoms with Gasteiger partial charge in [0.05, 0.1) is 12.1 Å². The van der Waals surface area contributed by atoms with E-state index in [1.165, 1.54) is 0 Å². The van der Waals surface area contributed by atoms with E-state index in [1.54, 1.807) is 0 Å². The van der Waals surface area contributed by atoms with Crippen molar-refractivity contribution in [3.8, 4) is 11.5 Å². The van der Waals surface area contributed by atoms with Crippen LogP contribution in [0.5, 0.6) is 11.5 Å². The molecule has 1 aliphatic heterocycles. The van der Waals surface area contributed by atoms with Crippen molar-refractivity contribution in [2.45, 2.75) is 6.92 Å². The van der Waals surface area contributed by atoms with Crippen molar-refractivity contribution in [3.05, 3.63) is 21.7 Å². The van der Waals surface area contributed by atoms with Gasteiger partial charge in [-0.3, -0.25) is 4.79 Å². The third-order valence-electron chi connectivity index (χ3n) is 2.49. The van der Waals surface area contributed by atoms with Crippen LogP contribution in [0.4, 0.5) is 0 Å². The van der Waals surface area contributed by atoms with Crippen LogP contribution in [0.15, 0.2) is 10.5 Å². The lowest BCUT2D eigenvalue weighted by atomic mass is 10.0. The normalized spacial score (nSPS) is 13.7. The summed E-state index contributed by atoms with van der Waals surface area (Å²) in [7, 11) is 0. The lowest BCUT2D eigenvalue weighted by molar-refractivity contribution is 0.0989. The van der Waals surface area contributed by atoms with E-state index in [2.05, 4.69) is 15.9 Å². The quantitative estimate of drug-likeness (QED) is 0.840. The zero-order valence-corrected chi connectivity index (χ0v) is 10.5. The Hall–Kier alpha value is -1.07. The van der Waals surface area contributed by atoms with Crippen LogP contribution in [-0.2, 0) is 0 Å². The zero-order valence-electron chi connectivity index (χ0n) is 8.88. The largest absolute Gasteiger partial charge is 0.486 e. The Kier molecular flexibility index (Phi) is 3.16. The molecule has 16 heavy (non-hydrogen) atoms. The van der Waals surface area contributed by atoms with E-state index in [4.69, 9.17) is 15.2 Å². The first-order valence-electron chi connectivity index (χ1n) is 4.97. The number of Topliss-reactive ketones (excluding diaryl/α,β-unsaturated/α-hetero) is 1. The van der Waals surface area contributed by atoms with Crippen LogP contribution in [-0.4, -0.2) is 25.5 Å². The van der Waals surface area contributed by atoms with Crippen molar-refractivity contribution in [3.63, 3.8) is 0 Å². The molecule has 1 aromatic carbocycles. The van der Waals surface area contributed by atoms with Crippen molar-refractivity contribution in [2.75, 3.05) is 19.8 Å². The van der Waals surface area contributed by atoms with E-state index >= 15 is 0 Å². The fourth-order valence-electron chi connectivity index (χ4n) is 1.69. The third kappa shape index (κ3) is 1.81. The van der Waals surface area contributed by atoms with E-state index in [0.717, 1.165) is 10.0 Å². The predicted molar refractivity (Wildman–Crippen MR) is 63.3 cm³/mol. The second-order valence-electron chi connectivity index (χ2n) is 3.51. The van der Waals surface area contributed by atoms with Gasteiger partial charge in [0.2, 0.25) is 0 Å². The molecule has 4 nitrogen and oxygen atoms in total. The molecule has 0 radical (unpaired) electrons. The number of ether oxygens (including phenoxy) is 2. The van der Waals surface area contributed by atoms with Crippen LogP contribution in [0.25, 0.3) is 0 Å². The molecule has 2 N–H and O–H groups in total. The molecule has 0 aliphatic carbocycles. The standard InChI is InChI=1S/C11H12BrNO3/c1-6-7(12)4-9-11(16-3-2-15-9)10(6)8(14)5-13/h4H,2-3,5,13H2,1H3. The van der Waals surface area contributed by atoms with Crippen molar-refractivity contribution >= 4 is 21.7 Å². The predicted octanol–water partition coefficient (Wildman–Crippen LogP) is 1.67. The summed E-state index contributed by atoms with van der Waals surface area (Å²) < 4.78 is 11.8. The van der Waals surface area contributed by atoms with Gasteiger partial charge in [-0.05, 0) is 18.6 Å². The Labute approximate surface area is 102 Å². The van der Waals surface area contributed by atoms with E-state index in [9.17, 15) is 4.79 Å². The van der Waals surface area contributed by atoms with Crippen molar-refractivity contribution in [2.24, 2.45) is 5.73 Å². The molecule has 0 atom stereocenters. The van der Waals surface area contributed by atoms with E-state index < -0.39 is 0 Å². The molecule has 1 aliphatic rings. The molecule has 0 amide bonds. The average Bonchev–Trinajstić information content (AvgIpc) is 2.30. The monoisotopic (exact) mass is 285 g/mol. The van der Waals surface area contributed by atoms with E-state index in [0.29, 0.717) is 30.3 Å². The number of nitrogens with two attached hydrogens (primary N) is 1. The Morgan fingerprint density at radius 2 is 2.19 bits per heavy atom. The second-order valence-corrected chi connectivity index (χ2v) is 4.36. The molecule has 0 saturated carbocycles. The van der Waals surface area contributed by atoms with Crippen molar-refractivity contribution in [1.29, 1.82) is 0 Å². The van der Waals surface area contributed by atoms with Crippen LogP contribution in [0.2, 0.25) is 0 Å². The van der Waals surface area contributed by atoms with Crippen molar-refractivity contribution in [1.82, 2.24) is 0 Å². The molecule has 0 bridgehead atoms. The van der Waals surface area contributed by atoms with Gasteiger partial charge in [0.1, 0.15) is 13.2 Å². The molecule has 5 heteroatoms. The highest BCUT2D eigenvalue weighted by Gasteiger charge is 2.23. The summed E-state index contributed by atoms with van der Waals surface area (Å²) in [4.78, 5) is 11.8. The average molecular weight is 286 g/mol. The molecule has 0 unspecified atom stereocenters. The van der Waals surface area contributed by atoms with Gasteiger partial charge < -0.3 is 15.2 Å². The zero-order chi connectivity index (χ0) is 11.7. The molecule has 1 heterocycles. The number of halogens is 1. The van der Waals surface area contributed by atoms with Gasteiger partial charge in [0.15, 0.2) is 17.3 Å². The fourth-order valence-corrected chi connectivity index (χ4v) is 2.09. The maximum atomic E-state index is 11.8. The van der Waals surface area contributed by atoms with E-state index in [1.807, 2.05) is 13.0 Å². The highest BCUT2D eigenvalue weighted by atomic mass is 79.9. The molecular weight excluding hydrogens is 274 g/mol. The second kappa shape index (κ2) is 4.43. The lowest BCUT2D eigenvalue weighted by Crippen LogP contribution is -2.21. The third-order valence-corrected chi connectivity index (χ3v) is 3.32. The molecule has 0 spiro atoms. The number of fused-ring (bicyclic) bond motifs is 1. The smallest absolute Gasteiger partial charge is 0.180 e. The van der Waals surface area contributed by atoms with Gasteiger partial charge in [0.25, 0.3) is 0 Å². The Bertz CT molecular complexity index is 445. The minimum absolute atomic E-state index is 0.0346. The summed E-state index contributed by atoms with van der Waals surface area (Å²) in [5, 5.41) is 0. The molecule has 2 rings (SSSR count). The molecular formula is C11H12BrNO3. The van der Waals surface area contributed by atoms with Crippen LogP contribution in [0, 0.1) is 6.92 Å². The maximum absolute atomic E-state index is 11.8. The first kappa shape index (κ1) is 11.4. The van der Waals surface area contributed by atoms with Gasteiger partial charge in [-0.25, -0.2) is 0 Å². The minimum atomic E-state index is -0.138. The summed E-state index contributed by atoms with van der Waals surface area (Å²) in [6.07, 6.45) is 0. The van der Waals surface area contributed by atoms with Gasteiger partial charge in [0, 0.05) is 4.47 Å². The summed E-state index contributed by atoms with van der Waals surface area (Å²) in [6, 6.07) is 1.82. The van der Waals surface area contributed by atoms with Gasteiger partial charge in [-0.1, -0.05) is 15.9 Å². The first-order valence-corrected chi connectivity index (χ1v) is 5.76. The van der Waals surface area contributed by atoms with E-state index in [-0.39, 0.29) is 12.3 Å². The maximum Gasteiger partial charge on any atom is 0.180 e. The highest BCUT2D eigenvalue weighted by Crippen LogP contribution is 2.39. The van der Waals surface area contributed by atoms with Crippen LogP contribution in [0.3, 0.4) is 0 Å². The fraction of sp³-hybridized carbons (Fsp3) is 0.364. The first-order chi connectivity index (χ1) is 7.65. The van der Waals surface area contributed by atoms with Crippen molar-refractivity contribution < 1.29 is 14.3 Å². The molecule has 0 saturated heterocycles. The Balaban J connectivity index is 2.63. The minimum Gasteiger partial charge on any atom is -0.486 e. The van der Waals surface area contributed by atoms with Gasteiger partial charge in [-0.15, -0.1) is 0 Å². The Morgan fingerprint density at radius 3 is 2.88 bits per heavy atom. The highest BCUT2D eigenvalue weighted by molar-refractivity contribution is 9.10. The number of hydrogen-bond donors (Lipinski definition) is 1. The summed E-state index contributed by atoms with van der Waals surface area (Å²) in [5.74, 6) is 0.975. The van der Waals surface area contributed by atoms with Crippen LogP contribution >= 0.6 is 15.9 Å². The molecule has 0 fully saturated rings. The number of carbonyl (C=O) groups is 1. The number of hydrogen-bond acceptors (Lipinski definition) is 4. The molecule has 0 aromatic heterocycles. The SMILES string of the molecule is Cc1c(Br)cc2c(c1C(=O)CN)OCCO2. The van der Waals surface area contributed by atoms with Gasteiger partial charge in [-0.2, -0.15) is 0 Å². The number of ketones is 1. The number of carbonyl (C=O) groups excluding carboxylic acids is 1. The summed E-state index contributed by atoms with van der Waals surface area (Å²) in [6.45, 7) is 2.77. The summed E-state index contributed by atoms with van der Waals surface area (Å²) >= 11 is 3.39. The number of benzene rings is 1. The number of rotatable bonds is 2. The van der Waals surface area contributed by atoms with Crippen LogP contribution in [0.1, 0.15) is 15.9 Å². The Morgan fingerprint density at radius 1 is 1.50 bits per heavy atom.